The Labute approximate surface area is 245 Å². The van der Waals surface area contributed by atoms with E-state index in [1.54, 1.807) is 0 Å². The number of nitrogens with one attached hydrogen (secondary N) is 3. The minimum Gasteiger partial charge on any atom is -0.453 e. The standard InChI is InChI=1S/C33H35N5O4/c1-33(2,3)27-11-7-6-10-26(27)31-41-21-30(42-31)36-32(39)35-28-14-13-23(24-8-4-5-9-25(24)28)22-12-15-29(34-20-22)37-38-16-18-40-19-17-38/h4-15,20-21,31H,16-19H2,1-3H3,(H,34,37)(H2,35,36,39). The van der Waals surface area contributed by atoms with Crippen LogP contribution in [0.2, 0.25) is 0 Å². The van der Waals surface area contributed by atoms with Crippen molar-refractivity contribution in [1.29, 1.82) is 0 Å². The highest BCUT2D eigenvalue weighted by Gasteiger charge is 2.29. The van der Waals surface area contributed by atoms with Gasteiger partial charge in [0.05, 0.1) is 18.9 Å². The number of carbonyl (C=O) groups excluding carboxylic acids is 1. The first-order chi connectivity index (χ1) is 20.3. The lowest BCUT2D eigenvalue weighted by Crippen LogP contribution is -2.40. The molecule has 4 aromatic rings. The summed E-state index contributed by atoms with van der Waals surface area (Å²) in [7, 11) is 0. The Hall–Kier alpha value is -4.60. The number of benzene rings is 3. The molecule has 42 heavy (non-hydrogen) atoms. The number of urea groups is 1. The van der Waals surface area contributed by atoms with Crippen LogP contribution in [-0.2, 0) is 19.6 Å². The molecule has 0 bridgehead atoms. The van der Waals surface area contributed by atoms with Gasteiger partial charge in [-0.3, -0.25) is 5.32 Å². The molecule has 0 spiro atoms. The van der Waals surface area contributed by atoms with Gasteiger partial charge < -0.3 is 25.0 Å². The van der Waals surface area contributed by atoms with Gasteiger partial charge in [-0.2, -0.15) is 0 Å². The van der Waals surface area contributed by atoms with E-state index in [4.69, 9.17) is 14.2 Å². The third-order valence-corrected chi connectivity index (χ3v) is 7.32. The van der Waals surface area contributed by atoms with Crippen molar-refractivity contribution >= 4 is 28.3 Å². The quantitative estimate of drug-likeness (QED) is 0.245. The predicted octanol–water partition coefficient (Wildman–Crippen LogP) is 6.52. The maximum absolute atomic E-state index is 13.0. The molecule has 3 heterocycles. The Kier molecular flexibility index (Phi) is 7.69. The molecular formula is C33H35N5O4. The highest BCUT2D eigenvalue weighted by atomic mass is 16.7. The SMILES string of the molecule is CC(C)(C)c1ccccc1C1OC=C(NC(=O)Nc2ccc(-c3ccc(NN4CCOCC4)nc3)c3ccccc23)O1. The average molecular weight is 566 g/mol. The van der Waals surface area contributed by atoms with Crippen LogP contribution in [0.25, 0.3) is 21.9 Å². The molecule has 2 amide bonds. The number of fused-ring (bicyclic) bond motifs is 1. The van der Waals surface area contributed by atoms with Crippen molar-refractivity contribution in [2.24, 2.45) is 0 Å². The van der Waals surface area contributed by atoms with E-state index in [-0.39, 0.29) is 11.3 Å². The normalized spacial score (nSPS) is 17.2. The van der Waals surface area contributed by atoms with Gasteiger partial charge in [-0.25, -0.2) is 14.8 Å². The Balaban J connectivity index is 1.14. The van der Waals surface area contributed by atoms with E-state index in [2.05, 4.69) is 59.0 Å². The van der Waals surface area contributed by atoms with Crippen LogP contribution in [0.1, 0.15) is 38.2 Å². The van der Waals surface area contributed by atoms with Crippen LogP contribution in [0.15, 0.2) is 91.1 Å². The van der Waals surface area contributed by atoms with E-state index in [1.165, 1.54) is 6.26 Å². The summed E-state index contributed by atoms with van der Waals surface area (Å²) in [4.78, 5) is 17.6. The zero-order chi connectivity index (χ0) is 29.1. The van der Waals surface area contributed by atoms with Crippen molar-refractivity contribution in [3.05, 3.63) is 102 Å². The lowest BCUT2D eigenvalue weighted by atomic mass is 9.83. The monoisotopic (exact) mass is 565 g/mol. The third-order valence-electron chi connectivity index (χ3n) is 7.32. The second-order valence-electron chi connectivity index (χ2n) is 11.3. The molecule has 1 aromatic heterocycles. The predicted molar refractivity (Wildman–Crippen MR) is 163 cm³/mol. The molecule has 3 N–H and O–H groups in total. The number of aromatic nitrogens is 1. The molecule has 9 nitrogen and oxygen atoms in total. The smallest absolute Gasteiger partial charge is 0.326 e. The molecular weight excluding hydrogens is 530 g/mol. The third kappa shape index (κ3) is 6.02. The fourth-order valence-electron chi connectivity index (χ4n) is 5.26. The molecule has 1 saturated heterocycles. The van der Waals surface area contributed by atoms with Gasteiger partial charge in [-0.1, -0.05) is 75.4 Å². The largest absolute Gasteiger partial charge is 0.453 e. The minimum atomic E-state index is -0.625. The number of pyridine rings is 1. The number of hydrogen-bond donors (Lipinski definition) is 3. The fourth-order valence-corrected chi connectivity index (χ4v) is 5.26. The molecule has 2 aliphatic heterocycles. The molecule has 6 rings (SSSR count). The molecule has 0 aliphatic carbocycles. The first kappa shape index (κ1) is 27.6. The van der Waals surface area contributed by atoms with Gasteiger partial charge in [-0.15, -0.1) is 0 Å². The van der Waals surface area contributed by atoms with E-state index >= 15 is 0 Å². The number of morpholine rings is 1. The number of amides is 2. The first-order valence-corrected chi connectivity index (χ1v) is 14.1. The number of nitrogens with zero attached hydrogens (tertiary/aromatic N) is 2. The summed E-state index contributed by atoms with van der Waals surface area (Å²) in [6.45, 7) is 9.49. The van der Waals surface area contributed by atoms with Crippen LogP contribution in [-0.4, -0.2) is 42.3 Å². The van der Waals surface area contributed by atoms with Gasteiger partial charge in [-0.05, 0) is 40.1 Å². The van der Waals surface area contributed by atoms with Crippen LogP contribution in [0.5, 0.6) is 0 Å². The molecule has 1 unspecified atom stereocenters. The summed E-state index contributed by atoms with van der Waals surface area (Å²) in [5, 5.41) is 9.76. The van der Waals surface area contributed by atoms with Crippen molar-refractivity contribution in [2.75, 3.05) is 37.0 Å². The second kappa shape index (κ2) is 11.7. The van der Waals surface area contributed by atoms with Crippen LogP contribution in [0.3, 0.4) is 0 Å². The molecule has 1 fully saturated rings. The van der Waals surface area contributed by atoms with Crippen LogP contribution in [0.4, 0.5) is 16.3 Å². The van der Waals surface area contributed by atoms with E-state index in [1.807, 2.05) is 66.9 Å². The molecule has 1 atom stereocenters. The Bertz CT molecular complexity index is 1610. The molecule has 216 valence electrons. The van der Waals surface area contributed by atoms with E-state index < -0.39 is 12.3 Å². The molecule has 9 heteroatoms. The summed E-state index contributed by atoms with van der Waals surface area (Å²) >= 11 is 0. The van der Waals surface area contributed by atoms with Crippen molar-refractivity contribution < 1.29 is 19.0 Å². The Morgan fingerprint density at radius 2 is 1.67 bits per heavy atom. The molecule has 0 saturated carbocycles. The lowest BCUT2D eigenvalue weighted by molar-refractivity contribution is -0.0376. The Morgan fingerprint density at radius 1 is 0.905 bits per heavy atom. The summed E-state index contributed by atoms with van der Waals surface area (Å²) in [5.41, 5.74) is 8.00. The Morgan fingerprint density at radius 3 is 2.43 bits per heavy atom. The summed E-state index contributed by atoms with van der Waals surface area (Å²) < 4.78 is 17.1. The van der Waals surface area contributed by atoms with Gasteiger partial charge in [0, 0.05) is 35.8 Å². The zero-order valence-electron chi connectivity index (χ0n) is 24.0. The number of anilines is 2. The van der Waals surface area contributed by atoms with E-state index in [0.29, 0.717) is 18.9 Å². The van der Waals surface area contributed by atoms with Gasteiger partial charge in [0.1, 0.15) is 12.1 Å². The number of carbonyl (C=O) groups is 1. The van der Waals surface area contributed by atoms with Crippen LogP contribution in [0, 0.1) is 0 Å². The van der Waals surface area contributed by atoms with Crippen molar-refractivity contribution in [3.8, 4) is 11.1 Å². The maximum Gasteiger partial charge on any atom is 0.326 e. The number of rotatable bonds is 6. The van der Waals surface area contributed by atoms with Gasteiger partial charge in [0.15, 0.2) is 0 Å². The first-order valence-electron chi connectivity index (χ1n) is 14.1. The number of hydrazine groups is 1. The van der Waals surface area contributed by atoms with Gasteiger partial charge in [0.25, 0.3) is 6.29 Å². The fraction of sp³-hybridized carbons (Fsp3) is 0.273. The zero-order valence-corrected chi connectivity index (χ0v) is 24.0. The van der Waals surface area contributed by atoms with Crippen molar-refractivity contribution in [1.82, 2.24) is 15.3 Å². The highest BCUT2D eigenvalue weighted by Crippen LogP contribution is 2.36. The lowest BCUT2D eigenvalue weighted by Gasteiger charge is -2.27. The van der Waals surface area contributed by atoms with Crippen LogP contribution < -0.4 is 16.1 Å². The number of hydrogen-bond acceptors (Lipinski definition) is 7. The summed E-state index contributed by atoms with van der Waals surface area (Å²) in [5.74, 6) is 1.04. The number of ether oxygens (including phenoxy) is 3. The topological polar surface area (TPSA) is 97.0 Å². The van der Waals surface area contributed by atoms with Gasteiger partial charge in [0.2, 0.25) is 5.88 Å². The second-order valence-corrected chi connectivity index (χ2v) is 11.3. The van der Waals surface area contributed by atoms with Crippen molar-refractivity contribution in [3.63, 3.8) is 0 Å². The minimum absolute atomic E-state index is 0.0814. The molecule has 2 aliphatic rings. The maximum atomic E-state index is 13.0. The molecule has 0 radical (unpaired) electrons. The summed E-state index contributed by atoms with van der Waals surface area (Å²) in [6.07, 6.45) is 2.68. The van der Waals surface area contributed by atoms with Gasteiger partial charge >= 0.3 is 6.03 Å². The van der Waals surface area contributed by atoms with Crippen LogP contribution >= 0.6 is 0 Å². The average Bonchev–Trinajstić information content (AvgIpc) is 3.46. The highest BCUT2D eigenvalue weighted by molar-refractivity contribution is 6.07. The summed E-state index contributed by atoms with van der Waals surface area (Å²) in [6, 6.07) is 23.5. The van der Waals surface area contributed by atoms with Crippen molar-refractivity contribution in [2.45, 2.75) is 32.5 Å². The molecule has 3 aromatic carbocycles. The van der Waals surface area contributed by atoms with E-state index in [0.717, 1.165) is 51.9 Å². The van der Waals surface area contributed by atoms with E-state index in [9.17, 15) is 4.79 Å².